The van der Waals surface area contributed by atoms with Gasteiger partial charge >= 0.3 is 0 Å². The van der Waals surface area contributed by atoms with Gasteiger partial charge in [-0.15, -0.1) is 0 Å². The van der Waals surface area contributed by atoms with Gasteiger partial charge < -0.3 is 14.6 Å². The van der Waals surface area contributed by atoms with Crippen molar-refractivity contribution in [2.75, 3.05) is 18.5 Å². The molecule has 0 aliphatic carbocycles. The Morgan fingerprint density at radius 1 is 1.08 bits per heavy atom. The standard InChI is InChI=1S/C29H26N4O4S/c1-4-37-24-10-7-22(8-11-24)31-27(34)17-32-28(35)26(38-29(32)36)16-21-14-18(2)33(19(21)3)23-9-12-25-20(15-23)6-5-13-30-25/h5-16H,4,17H2,1-3H3,(H,31,34)/b26-16+. The number of rotatable bonds is 7. The van der Waals surface area contributed by atoms with E-state index in [0.29, 0.717) is 18.0 Å². The lowest BCUT2D eigenvalue weighted by atomic mass is 10.2. The van der Waals surface area contributed by atoms with Crippen molar-refractivity contribution in [1.82, 2.24) is 14.5 Å². The van der Waals surface area contributed by atoms with E-state index >= 15 is 0 Å². The maximum atomic E-state index is 13.0. The van der Waals surface area contributed by atoms with Crippen LogP contribution < -0.4 is 10.1 Å². The van der Waals surface area contributed by atoms with E-state index in [1.165, 1.54) is 0 Å². The van der Waals surface area contributed by atoms with E-state index in [4.69, 9.17) is 4.74 Å². The molecular formula is C29H26N4O4S. The number of hydrogen-bond donors (Lipinski definition) is 1. The molecule has 9 heteroatoms. The largest absolute Gasteiger partial charge is 0.494 e. The minimum Gasteiger partial charge on any atom is -0.494 e. The van der Waals surface area contributed by atoms with Crippen molar-refractivity contribution < 1.29 is 19.1 Å². The zero-order valence-corrected chi connectivity index (χ0v) is 22.0. The maximum absolute atomic E-state index is 13.0. The summed E-state index contributed by atoms with van der Waals surface area (Å²) in [5.41, 5.74) is 5.21. The van der Waals surface area contributed by atoms with Gasteiger partial charge in [-0.25, -0.2) is 0 Å². The van der Waals surface area contributed by atoms with E-state index < -0.39 is 17.1 Å². The predicted molar refractivity (Wildman–Crippen MR) is 149 cm³/mol. The third-order valence-corrected chi connectivity index (χ3v) is 7.13. The summed E-state index contributed by atoms with van der Waals surface area (Å²) in [4.78, 5) is 43.9. The molecule has 4 aromatic rings. The second-order valence-corrected chi connectivity index (χ2v) is 9.81. The van der Waals surface area contributed by atoms with Gasteiger partial charge in [0.1, 0.15) is 12.3 Å². The summed E-state index contributed by atoms with van der Waals surface area (Å²) in [6.45, 7) is 6.04. The Bertz CT molecular complexity index is 1590. The van der Waals surface area contributed by atoms with Crippen LogP contribution in [0.2, 0.25) is 0 Å². The van der Waals surface area contributed by atoms with Crippen LogP contribution in [0, 0.1) is 13.8 Å². The molecule has 1 saturated heterocycles. The van der Waals surface area contributed by atoms with Gasteiger partial charge in [0, 0.05) is 34.3 Å². The molecular weight excluding hydrogens is 500 g/mol. The Hall–Kier alpha value is -4.37. The number of aryl methyl sites for hydroxylation is 1. The van der Waals surface area contributed by atoms with Crippen LogP contribution in [0.4, 0.5) is 10.5 Å². The van der Waals surface area contributed by atoms with Crippen molar-refractivity contribution in [3.8, 4) is 11.4 Å². The molecule has 3 amide bonds. The molecule has 0 spiro atoms. The lowest BCUT2D eigenvalue weighted by Gasteiger charge is -2.13. The molecule has 0 atom stereocenters. The van der Waals surface area contributed by atoms with E-state index in [0.717, 1.165) is 50.2 Å². The Kier molecular flexibility index (Phi) is 7.02. The second-order valence-electron chi connectivity index (χ2n) is 8.82. The number of aromatic nitrogens is 2. The van der Waals surface area contributed by atoms with Gasteiger partial charge in [-0.2, -0.15) is 0 Å². The molecule has 1 N–H and O–H groups in total. The van der Waals surface area contributed by atoms with Crippen LogP contribution in [0.3, 0.4) is 0 Å². The van der Waals surface area contributed by atoms with Crippen LogP contribution in [0.25, 0.3) is 22.7 Å². The number of nitrogens with zero attached hydrogens (tertiary/aromatic N) is 3. The lowest BCUT2D eigenvalue weighted by molar-refractivity contribution is -0.127. The van der Waals surface area contributed by atoms with E-state index in [2.05, 4.69) is 20.9 Å². The van der Waals surface area contributed by atoms with Crippen LogP contribution >= 0.6 is 11.8 Å². The molecule has 38 heavy (non-hydrogen) atoms. The Balaban J connectivity index is 1.32. The van der Waals surface area contributed by atoms with E-state index in [1.54, 1.807) is 36.5 Å². The number of benzene rings is 2. The van der Waals surface area contributed by atoms with E-state index in [9.17, 15) is 14.4 Å². The number of carbonyl (C=O) groups is 3. The highest BCUT2D eigenvalue weighted by Crippen LogP contribution is 2.34. The molecule has 0 radical (unpaired) electrons. The molecule has 0 unspecified atom stereocenters. The normalized spacial score (nSPS) is 14.5. The highest BCUT2D eigenvalue weighted by molar-refractivity contribution is 8.18. The average molecular weight is 527 g/mol. The summed E-state index contributed by atoms with van der Waals surface area (Å²) in [5.74, 6) is -0.247. The number of imide groups is 1. The summed E-state index contributed by atoms with van der Waals surface area (Å²) in [5, 5.41) is 3.28. The number of ether oxygens (including phenoxy) is 1. The van der Waals surface area contributed by atoms with Crippen molar-refractivity contribution >= 4 is 51.5 Å². The number of anilines is 1. The lowest BCUT2D eigenvalue weighted by Crippen LogP contribution is -2.36. The van der Waals surface area contributed by atoms with Crippen LogP contribution in [0.15, 0.2) is 71.8 Å². The van der Waals surface area contributed by atoms with Crippen molar-refractivity contribution in [2.45, 2.75) is 20.8 Å². The van der Waals surface area contributed by atoms with Crippen molar-refractivity contribution in [1.29, 1.82) is 0 Å². The van der Waals surface area contributed by atoms with Crippen LogP contribution in [-0.2, 0) is 9.59 Å². The number of thioether (sulfide) groups is 1. The van der Waals surface area contributed by atoms with E-state index in [1.807, 2.05) is 51.1 Å². The zero-order valence-electron chi connectivity index (χ0n) is 21.2. The minimum atomic E-state index is -0.483. The number of nitrogens with one attached hydrogen (secondary N) is 1. The quantitative estimate of drug-likeness (QED) is 0.310. The SMILES string of the molecule is CCOc1ccc(NC(=O)CN2C(=O)S/C(=C/c3cc(C)n(-c4ccc5ncccc5c4)c3C)C2=O)cc1. The first kappa shape index (κ1) is 25.3. The van der Waals surface area contributed by atoms with Crippen LogP contribution in [0.1, 0.15) is 23.9 Å². The van der Waals surface area contributed by atoms with Crippen molar-refractivity contribution in [2.24, 2.45) is 0 Å². The first-order valence-electron chi connectivity index (χ1n) is 12.2. The van der Waals surface area contributed by atoms with Gasteiger partial charge in [0.15, 0.2) is 0 Å². The van der Waals surface area contributed by atoms with Crippen molar-refractivity contribution in [3.63, 3.8) is 0 Å². The minimum absolute atomic E-state index is 0.284. The molecule has 0 saturated carbocycles. The summed E-state index contributed by atoms with van der Waals surface area (Å²) >= 11 is 0.838. The third kappa shape index (κ3) is 5.05. The third-order valence-electron chi connectivity index (χ3n) is 6.23. The highest BCUT2D eigenvalue weighted by Gasteiger charge is 2.36. The summed E-state index contributed by atoms with van der Waals surface area (Å²) < 4.78 is 7.50. The molecule has 1 aliphatic heterocycles. The Labute approximate surface area is 224 Å². The average Bonchev–Trinajstić information content (AvgIpc) is 3.33. The number of amides is 3. The van der Waals surface area contributed by atoms with E-state index in [-0.39, 0.29) is 11.4 Å². The predicted octanol–water partition coefficient (Wildman–Crippen LogP) is 5.72. The molecule has 1 aliphatic rings. The molecule has 192 valence electrons. The molecule has 2 aromatic heterocycles. The molecule has 1 fully saturated rings. The van der Waals surface area contributed by atoms with Crippen molar-refractivity contribution in [3.05, 3.63) is 88.7 Å². The molecule has 0 bridgehead atoms. The van der Waals surface area contributed by atoms with Gasteiger partial charge in [-0.1, -0.05) is 6.07 Å². The Morgan fingerprint density at radius 2 is 1.87 bits per heavy atom. The fourth-order valence-electron chi connectivity index (χ4n) is 4.46. The fourth-order valence-corrected chi connectivity index (χ4v) is 5.29. The number of pyridine rings is 1. The molecule has 8 nitrogen and oxygen atoms in total. The maximum Gasteiger partial charge on any atom is 0.294 e. The summed E-state index contributed by atoms with van der Waals surface area (Å²) in [7, 11) is 0. The van der Waals surface area contributed by atoms with Gasteiger partial charge in [0.05, 0.1) is 17.0 Å². The first-order valence-corrected chi connectivity index (χ1v) is 13.0. The number of fused-ring (bicyclic) bond motifs is 1. The number of hydrogen-bond acceptors (Lipinski definition) is 6. The Morgan fingerprint density at radius 3 is 2.63 bits per heavy atom. The molecule has 2 aromatic carbocycles. The monoisotopic (exact) mass is 526 g/mol. The first-order chi connectivity index (χ1) is 18.3. The smallest absolute Gasteiger partial charge is 0.294 e. The second kappa shape index (κ2) is 10.5. The van der Waals surface area contributed by atoms with Crippen LogP contribution in [0.5, 0.6) is 5.75 Å². The fraction of sp³-hybridized carbons (Fsp3) is 0.172. The summed E-state index contributed by atoms with van der Waals surface area (Å²) in [6, 6.07) is 18.9. The summed E-state index contributed by atoms with van der Waals surface area (Å²) in [6.07, 6.45) is 3.49. The zero-order chi connectivity index (χ0) is 26.8. The van der Waals surface area contributed by atoms with Crippen LogP contribution in [-0.4, -0.2) is 44.7 Å². The van der Waals surface area contributed by atoms with Gasteiger partial charge in [-0.3, -0.25) is 24.3 Å². The van der Waals surface area contributed by atoms with Gasteiger partial charge in [0.2, 0.25) is 5.91 Å². The highest BCUT2D eigenvalue weighted by atomic mass is 32.2. The van der Waals surface area contributed by atoms with Gasteiger partial charge in [0.25, 0.3) is 11.1 Å². The topological polar surface area (TPSA) is 93.5 Å². The molecule has 3 heterocycles. The van der Waals surface area contributed by atoms with Gasteiger partial charge in [-0.05, 0) is 98.8 Å². The number of carbonyl (C=O) groups excluding carboxylic acids is 3. The molecule has 5 rings (SSSR count).